The molecule has 7 heteroatoms. The molecule has 0 bridgehead atoms. The van der Waals surface area contributed by atoms with Gasteiger partial charge in [-0.25, -0.2) is 9.97 Å². The van der Waals surface area contributed by atoms with E-state index in [0.717, 1.165) is 5.75 Å². The maximum absolute atomic E-state index is 12.3. The molecule has 2 N–H and O–H groups in total. The number of ether oxygens (including phenoxy) is 2. The van der Waals surface area contributed by atoms with Crippen LogP contribution in [0.15, 0.2) is 36.7 Å². The molecule has 7 nitrogen and oxygen atoms in total. The number of hydrogen-bond acceptors (Lipinski definition) is 6. The van der Waals surface area contributed by atoms with Crippen LogP contribution in [0.25, 0.3) is 0 Å². The van der Waals surface area contributed by atoms with Crippen LogP contribution < -0.4 is 15.4 Å². The van der Waals surface area contributed by atoms with Gasteiger partial charge >= 0.3 is 0 Å². The summed E-state index contributed by atoms with van der Waals surface area (Å²) in [6.07, 6.45) is 1.46. The first-order chi connectivity index (χ1) is 11.6. The van der Waals surface area contributed by atoms with Crippen molar-refractivity contribution in [1.82, 2.24) is 9.97 Å². The van der Waals surface area contributed by atoms with Crippen LogP contribution >= 0.6 is 0 Å². The van der Waals surface area contributed by atoms with Crippen LogP contribution in [0.4, 0.5) is 11.5 Å². The monoisotopic (exact) mass is 330 g/mol. The zero-order valence-corrected chi connectivity index (χ0v) is 14.1. The Hall–Kier alpha value is -2.67. The number of nitrogens with one attached hydrogen (secondary N) is 2. The molecule has 0 aliphatic heterocycles. The van der Waals surface area contributed by atoms with Crippen molar-refractivity contribution in [1.29, 1.82) is 0 Å². The Morgan fingerprint density at radius 1 is 1.21 bits per heavy atom. The highest BCUT2D eigenvalue weighted by atomic mass is 16.5. The summed E-state index contributed by atoms with van der Waals surface area (Å²) < 4.78 is 10.5. The number of nitrogens with zero attached hydrogens (tertiary/aromatic N) is 2. The van der Waals surface area contributed by atoms with E-state index in [4.69, 9.17) is 9.47 Å². The van der Waals surface area contributed by atoms with Gasteiger partial charge in [-0.15, -0.1) is 0 Å². The van der Waals surface area contributed by atoms with Crippen molar-refractivity contribution in [2.24, 2.45) is 0 Å². The Morgan fingerprint density at radius 2 is 1.96 bits per heavy atom. The van der Waals surface area contributed by atoms with E-state index in [1.165, 1.54) is 6.33 Å². The molecule has 24 heavy (non-hydrogen) atoms. The summed E-state index contributed by atoms with van der Waals surface area (Å²) >= 11 is 0. The van der Waals surface area contributed by atoms with Gasteiger partial charge in [-0.2, -0.15) is 0 Å². The third-order valence-electron chi connectivity index (χ3n) is 3.00. The molecule has 0 saturated carbocycles. The molecular weight excluding hydrogens is 308 g/mol. The molecule has 1 aromatic carbocycles. The molecule has 0 unspecified atom stereocenters. The normalized spacial score (nSPS) is 10.5. The lowest BCUT2D eigenvalue weighted by molar-refractivity contribution is 0.102. The van der Waals surface area contributed by atoms with Gasteiger partial charge in [-0.1, -0.05) is 0 Å². The van der Waals surface area contributed by atoms with Crippen LogP contribution in [0.1, 0.15) is 24.3 Å². The van der Waals surface area contributed by atoms with E-state index in [2.05, 4.69) is 20.6 Å². The Balaban J connectivity index is 1.97. The van der Waals surface area contributed by atoms with Crippen LogP contribution in [-0.4, -0.2) is 42.2 Å². The first kappa shape index (κ1) is 17.7. The zero-order valence-electron chi connectivity index (χ0n) is 14.1. The molecule has 128 valence electrons. The molecule has 1 amide bonds. The van der Waals surface area contributed by atoms with Crippen LogP contribution in [-0.2, 0) is 4.74 Å². The molecule has 1 aromatic heterocycles. The van der Waals surface area contributed by atoms with E-state index >= 15 is 0 Å². The van der Waals surface area contributed by atoms with Gasteiger partial charge in [-0.3, -0.25) is 4.79 Å². The van der Waals surface area contributed by atoms with E-state index in [9.17, 15) is 4.79 Å². The lowest BCUT2D eigenvalue weighted by Crippen LogP contribution is -2.15. The van der Waals surface area contributed by atoms with Crippen molar-refractivity contribution in [3.05, 3.63) is 42.4 Å². The molecule has 2 aromatic rings. The minimum atomic E-state index is -0.301. The van der Waals surface area contributed by atoms with Gasteiger partial charge in [0.15, 0.2) is 0 Å². The van der Waals surface area contributed by atoms with Crippen molar-refractivity contribution >= 4 is 17.4 Å². The first-order valence-corrected chi connectivity index (χ1v) is 7.71. The molecule has 0 saturated heterocycles. The maximum Gasteiger partial charge on any atom is 0.274 e. The van der Waals surface area contributed by atoms with Gasteiger partial charge in [0.25, 0.3) is 5.91 Å². The second-order valence-corrected chi connectivity index (χ2v) is 5.35. The Morgan fingerprint density at radius 3 is 2.62 bits per heavy atom. The Bertz CT molecular complexity index is 659. The highest BCUT2D eigenvalue weighted by molar-refractivity contribution is 6.03. The quantitative estimate of drug-likeness (QED) is 0.724. The van der Waals surface area contributed by atoms with Crippen molar-refractivity contribution < 1.29 is 14.3 Å². The van der Waals surface area contributed by atoms with Gasteiger partial charge in [0, 0.05) is 25.4 Å². The molecule has 0 atom stereocenters. The van der Waals surface area contributed by atoms with Crippen molar-refractivity contribution in [3.63, 3.8) is 0 Å². The zero-order chi connectivity index (χ0) is 17.4. The Kier molecular flexibility index (Phi) is 6.51. The number of carbonyl (C=O) groups excluding carboxylic acids is 1. The molecular formula is C17H22N4O3. The fourth-order valence-corrected chi connectivity index (χ4v) is 1.94. The highest BCUT2D eigenvalue weighted by Gasteiger charge is 2.09. The number of benzene rings is 1. The van der Waals surface area contributed by atoms with E-state index in [0.29, 0.717) is 24.7 Å². The minimum Gasteiger partial charge on any atom is -0.491 e. The van der Waals surface area contributed by atoms with Crippen molar-refractivity contribution in [3.8, 4) is 5.75 Å². The van der Waals surface area contributed by atoms with Crippen LogP contribution in [0, 0.1) is 0 Å². The summed E-state index contributed by atoms with van der Waals surface area (Å²) in [5.41, 5.74) is 0.955. The average Bonchev–Trinajstić information content (AvgIpc) is 2.57. The number of rotatable bonds is 8. The lowest BCUT2D eigenvalue weighted by atomic mass is 10.2. The van der Waals surface area contributed by atoms with Crippen LogP contribution in [0.3, 0.4) is 0 Å². The number of anilines is 2. The molecule has 2 rings (SSSR count). The number of methoxy groups -OCH3 is 1. The second-order valence-electron chi connectivity index (χ2n) is 5.35. The van der Waals surface area contributed by atoms with Gasteiger partial charge in [0.2, 0.25) is 0 Å². The Labute approximate surface area is 141 Å². The third kappa shape index (κ3) is 5.51. The van der Waals surface area contributed by atoms with Crippen LogP contribution in [0.5, 0.6) is 5.75 Å². The standard InChI is InChI=1S/C17H22N4O3/c1-12(2)24-14-6-4-13(5-7-14)21-17(22)15-10-16(20-11-19-15)18-8-9-23-3/h4-7,10-12H,8-9H2,1-3H3,(H,21,22)(H,18,19,20). The van der Waals surface area contributed by atoms with Gasteiger partial charge in [-0.05, 0) is 38.1 Å². The largest absolute Gasteiger partial charge is 0.491 e. The SMILES string of the molecule is COCCNc1cc(C(=O)Nc2ccc(OC(C)C)cc2)ncn1. The highest BCUT2D eigenvalue weighted by Crippen LogP contribution is 2.17. The third-order valence-corrected chi connectivity index (χ3v) is 3.00. The maximum atomic E-state index is 12.3. The predicted molar refractivity (Wildman–Crippen MR) is 92.6 cm³/mol. The number of carbonyl (C=O) groups is 1. The summed E-state index contributed by atoms with van der Waals surface area (Å²) in [7, 11) is 1.62. The van der Waals surface area contributed by atoms with Gasteiger partial charge < -0.3 is 20.1 Å². The van der Waals surface area contributed by atoms with Crippen LogP contribution in [0.2, 0.25) is 0 Å². The molecule has 0 aliphatic carbocycles. The van der Waals surface area contributed by atoms with Crippen molar-refractivity contribution in [2.45, 2.75) is 20.0 Å². The summed E-state index contributed by atoms with van der Waals surface area (Å²) in [5, 5.41) is 5.85. The molecule has 0 fully saturated rings. The number of aromatic nitrogens is 2. The second kappa shape index (κ2) is 8.83. The van der Waals surface area contributed by atoms with E-state index in [1.807, 2.05) is 26.0 Å². The molecule has 1 heterocycles. The summed E-state index contributed by atoms with van der Waals surface area (Å²) in [4.78, 5) is 20.3. The number of amides is 1. The minimum absolute atomic E-state index is 0.107. The van der Waals surface area contributed by atoms with Crippen molar-refractivity contribution in [2.75, 3.05) is 30.9 Å². The molecule has 0 radical (unpaired) electrons. The molecule has 0 spiro atoms. The van der Waals surface area contributed by atoms with Gasteiger partial charge in [0.05, 0.1) is 12.7 Å². The molecule has 0 aliphatic rings. The topological polar surface area (TPSA) is 85.4 Å². The summed E-state index contributed by atoms with van der Waals surface area (Å²) in [6, 6.07) is 8.80. The van der Waals surface area contributed by atoms with E-state index in [-0.39, 0.29) is 17.7 Å². The summed E-state index contributed by atoms with van der Waals surface area (Å²) in [5.74, 6) is 1.03. The summed E-state index contributed by atoms with van der Waals surface area (Å²) in [6.45, 7) is 5.08. The average molecular weight is 330 g/mol. The van der Waals surface area contributed by atoms with E-state index < -0.39 is 0 Å². The smallest absolute Gasteiger partial charge is 0.274 e. The predicted octanol–water partition coefficient (Wildman–Crippen LogP) is 2.57. The first-order valence-electron chi connectivity index (χ1n) is 7.71. The lowest BCUT2D eigenvalue weighted by Gasteiger charge is -2.11. The fourth-order valence-electron chi connectivity index (χ4n) is 1.94. The number of hydrogen-bond donors (Lipinski definition) is 2. The van der Waals surface area contributed by atoms with Gasteiger partial charge in [0.1, 0.15) is 23.6 Å². The van der Waals surface area contributed by atoms with E-state index in [1.54, 1.807) is 25.3 Å². The fraction of sp³-hybridized carbons (Fsp3) is 0.353.